The molecule has 0 saturated carbocycles. The molecular weight excluding hydrogens is 418 g/mol. The summed E-state index contributed by atoms with van der Waals surface area (Å²) in [6.45, 7) is 2.27. The molecule has 1 aliphatic heterocycles. The molecule has 2 aromatic carbocycles. The maximum Gasteiger partial charge on any atom is 0.347 e. The smallest absolute Gasteiger partial charge is 0.339 e. The molecule has 2 N–H and O–H groups in total. The Balaban J connectivity index is 1.33. The zero-order valence-corrected chi connectivity index (χ0v) is 18.4. The van der Waals surface area contributed by atoms with Gasteiger partial charge in [0.2, 0.25) is 0 Å². The lowest BCUT2D eigenvalue weighted by atomic mass is 10.1. The highest BCUT2D eigenvalue weighted by molar-refractivity contribution is 5.94. The van der Waals surface area contributed by atoms with Crippen LogP contribution in [-0.2, 0) is 13.1 Å². The second-order valence-electron chi connectivity index (χ2n) is 8.09. The van der Waals surface area contributed by atoms with E-state index in [-0.39, 0.29) is 17.6 Å². The number of urea groups is 1. The summed E-state index contributed by atoms with van der Waals surface area (Å²) in [5.41, 5.74) is 2.67. The molecule has 0 unspecified atom stereocenters. The molecule has 33 heavy (non-hydrogen) atoms. The molecule has 1 fully saturated rings. The van der Waals surface area contributed by atoms with Crippen LogP contribution in [0.3, 0.4) is 0 Å². The molecule has 0 atom stereocenters. The molecule has 0 bridgehead atoms. The van der Waals surface area contributed by atoms with Crippen LogP contribution in [0.15, 0.2) is 71.8 Å². The minimum absolute atomic E-state index is 0.0468. The molecule has 1 saturated heterocycles. The highest BCUT2D eigenvalue weighted by Gasteiger charge is 2.18. The van der Waals surface area contributed by atoms with Crippen LogP contribution in [0.1, 0.15) is 40.7 Å². The molecule has 8 heteroatoms. The number of carbonyl (C=O) groups is 2. The first-order chi connectivity index (χ1) is 16.1. The largest absolute Gasteiger partial charge is 0.347 e. The van der Waals surface area contributed by atoms with Crippen LogP contribution in [0.5, 0.6) is 0 Å². The molecule has 3 aromatic rings. The van der Waals surface area contributed by atoms with E-state index in [0.717, 1.165) is 37.1 Å². The molecule has 170 valence electrons. The Morgan fingerprint density at radius 3 is 2.55 bits per heavy atom. The zero-order valence-electron chi connectivity index (χ0n) is 18.4. The van der Waals surface area contributed by atoms with Crippen molar-refractivity contribution in [2.45, 2.75) is 32.4 Å². The predicted octanol–water partition coefficient (Wildman–Crippen LogP) is 3.24. The number of hydrogen-bond donors (Lipinski definition) is 2. The van der Waals surface area contributed by atoms with Crippen LogP contribution in [0.4, 0.5) is 10.5 Å². The number of aromatic nitrogens is 2. The Labute approximate surface area is 192 Å². The van der Waals surface area contributed by atoms with Crippen LogP contribution in [0.25, 0.3) is 0 Å². The van der Waals surface area contributed by atoms with Gasteiger partial charge in [-0.15, -0.1) is 0 Å². The molecule has 1 aromatic heterocycles. The van der Waals surface area contributed by atoms with Crippen molar-refractivity contribution in [1.29, 1.82) is 0 Å². The summed E-state index contributed by atoms with van der Waals surface area (Å²) in [6, 6.07) is 16.0. The molecule has 1 aliphatic rings. The number of anilines is 1. The van der Waals surface area contributed by atoms with Crippen LogP contribution in [0.2, 0.25) is 0 Å². The summed E-state index contributed by atoms with van der Waals surface area (Å²) in [5, 5.41) is 5.65. The Hall–Kier alpha value is -3.94. The average molecular weight is 446 g/mol. The van der Waals surface area contributed by atoms with Gasteiger partial charge in [0.05, 0.1) is 6.54 Å². The number of nitrogens with zero attached hydrogens (tertiary/aromatic N) is 3. The first kappa shape index (κ1) is 22.3. The van der Waals surface area contributed by atoms with Crippen molar-refractivity contribution in [3.8, 4) is 0 Å². The minimum atomic E-state index is -0.349. The molecule has 0 aliphatic carbocycles. The van der Waals surface area contributed by atoms with E-state index >= 15 is 0 Å². The third-order valence-corrected chi connectivity index (χ3v) is 5.59. The van der Waals surface area contributed by atoms with Crippen molar-refractivity contribution in [3.63, 3.8) is 0 Å². The number of nitrogens with one attached hydrogen (secondary N) is 2. The van der Waals surface area contributed by atoms with Gasteiger partial charge in [0.25, 0.3) is 5.91 Å². The van der Waals surface area contributed by atoms with Crippen LogP contribution in [-0.4, -0.2) is 39.5 Å². The fourth-order valence-corrected chi connectivity index (χ4v) is 3.90. The van der Waals surface area contributed by atoms with Gasteiger partial charge in [0.15, 0.2) is 0 Å². The first-order valence-corrected chi connectivity index (χ1v) is 11.1. The van der Waals surface area contributed by atoms with Gasteiger partial charge in [-0.3, -0.25) is 9.36 Å². The Morgan fingerprint density at radius 1 is 0.939 bits per heavy atom. The SMILES string of the molecule is O=C(NCc1cccc(C(=O)N2CCCCC2)c1)Nc1cccc(Cn2cccnc2=O)c1. The number of hydrogen-bond acceptors (Lipinski definition) is 4. The highest BCUT2D eigenvalue weighted by atomic mass is 16.2. The van der Waals surface area contributed by atoms with Crippen molar-refractivity contribution >= 4 is 17.6 Å². The van der Waals surface area contributed by atoms with Gasteiger partial charge < -0.3 is 15.5 Å². The number of benzene rings is 2. The van der Waals surface area contributed by atoms with E-state index in [1.54, 1.807) is 18.3 Å². The van der Waals surface area contributed by atoms with E-state index in [0.29, 0.717) is 24.3 Å². The van der Waals surface area contributed by atoms with Crippen molar-refractivity contribution in [1.82, 2.24) is 19.8 Å². The minimum Gasteiger partial charge on any atom is -0.339 e. The summed E-state index contributed by atoms with van der Waals surface area (Å²) in [5.74, 6) is 0.0468. The number of rotatable bonds is 6. The van der Waals surface area contributed by atoms with Gasteiger partial charge in [-0.05, 0) is 60.7 Å². The first-order valence-electron chi connectivity index (χ1n) is 11.1. The number of piperidine rings is 1. The predicted molar refractivity (Wildman–Crippen MR) is 126 cm³/mol. The fourth-order valence-electron chi connectivity index (χ4n) is 3.90. The van der Waals surface area contributed by atoms with E-state index in [9.17, 15) is 14.4 Å². The fraction of sp³-hybridized carbons (Fsp3) is 0.280. The molecule has 4 rings (SSSR count). The lowest BCUT2D eigenvalue weighted by molar-refractivity contribution is 0.0724. The number of likely N-dealkylation sites (tertiary alicyclic amines) is 1. The second-order valence-corrected chi connectivity index (χ2v) is 8.09. The van der Waals surface area contributed by atoms with E-state index in [4.69, 9.17) is 0 Å². The average Bonchev–Trinajstić information content (AvgIpc) is 2.85. The lowest BCUT2D eigenvalue weighted by Gasteiger charge is -2.26. The maximum atomic E-state index is 12.7. The third kappa shape index (κ3) is 6.06. The van der Waals surface area contributed by atoms with E-state index in [1.807, 2.05) is 47.4 Å². The molecule has 2 heterocycles. The topological polar surface area (TPSA) is 96.3 Å². The van der Waals surface area contributed by atoms with Gasteiger partial charge in [0, 0.05) is 43.3 Å². The molecule has 0 radical (unpaired) electrons. The summed E-state index contributed by atoms with van der Waals surface area (Å²) < 4.78 is 1.50. The van der Waals surface area contributed by atoms with Gasteiger partial charge in [0.1, 0.15) is 0 Å². The van der Waals surface area contributed by atoms with Crippen molar-refractivity contribution in [3.05, 3.63) is 94.2 Å². The third-order valence-electron chi connectivity index (χ3n) is 5.59. The summed E-state index contributed by atoms with van der Waals surface area (Å²) in [6.07, 6.45) is 6.40. The quantitative estimate of drug-likeness (QED) is 0.609. The maximum absolute atomic E-state index is 12.7. The molecule has 8 nitrogen and oxygen atoms in total. The Kier molecular flexibility index (Phi) is 7.14. The van der Waals surface area contributed by atoms with Gasteiger partial charge in [-0.2, -0.15) is 0 Å². The monoisotopic (exact) mass is 445 g/mol. The van der Waals surface area contributed by atoms with E-state index in [1.165, 1.54) is 17.2 Å². The van der Waals surface area contributed by atoms with Crippen molar-refractivity contribution < 1.29 is 9.59 Å². The van der Waals surface area contributed by atoms with Gasteiger partial charge in [-0.25, -0.2) is 14.6 Å². The Morgan fingerprint density at radius 2 is 1.73 bits per heavy atom. The van der Waals surface area contributed by atoms with E-state index < -0.39 is 0 Å². The standard InChI is InChI=1S/C25H27N5O3/c31-23(29-12-2-1-3-13-29)21-9-4-7-19(15-21)17-27-24(32)28-22-10-5-8-20(16-22)18-30-14-6-11-26-25(30)33/h4-11,14-16H,1-3,12-13,17-18H2,(H2,27,28,32). The molecule has 0 spiro atoms. The number of carbonyl (C=O) groups excluding carboxylic acids is 2. The summed E-state index contributed by atoms with van der Waals surface area (Å²) >= 11 is 0. The number of amides is 3. The van der Waals surface area contributed by atoms with Crippen molar-refractivity contribution in [2.24, 2.45) is 0 Å². The molecular formula is C25H27N5O3. The van der Waals surface area contributed by atoms with Crippen molar-refractivity contribution in [2.75, 3.05) is 18.4 Å². The van der Waals surface area contributed by atoms with Gasteiger partial charge in [-0.1, -0.05) is 24.3 Å². The Bertz CT molecular complexity index is 1180. The van der Waals surface area contributed by atoms with Gasteiger partial charge >= 0.3 is 11.7 Å². The molecule has 3 amide bonds. The normalized spacial score (nSPS) is 13.4. The van der Waals surface area contributed by atoms with E-state index in [2.05, 4.69) is 15.6 Å². The van der Waals surface area contributed by atoms with Crippen LogP contribution in [0, 0.1) is 0 Å². The van der Waals surface area contributed by atoms with Crippen LogP contribution >= 0.6 is 0 Å². The highest BCUT2D eigenvalue weighted by Crippen LogP contribution is 2.15. The van der Waals surface area contributed by atoms with Crippen LogP contribution < -0.4 is 16.3 Å². The summed E-state index contributed by atoms with van der Waals surface area (Å²) in [7, 11) is 0. The lowest BCUT2D eigenvalue weighted by Crippen LogP contribution is -2.35. The zero-order chi connectivity index (χ0) is 23.0. The summed E-state index contributed by atoms with van der Waals surface area (Å²) in [4.78, 5) is 42.6. The second kappa shape index (κ2) is 10.6.